The molecule has 0 aromatic rings. The molecule has 0 unspecified atom stereocenters. The van der Waals surface area contributed by atoms with Crippen LogP contribution in [0.2, 0.25) is 12.1 Å². The fourth-order valence-electron chi connectivity index (χ4n) is 2.29. The van der Waals surface area contributed by atoms with Gasteiger partial charge in [-0.15, -0.1) is 0 Å². The van der Waals surface area contributed by atoms with Gasteiger partial charge < -0.3 is 8.85 Å². The summed E-state index contributed by atoms with van der Waals surface area (Å²) >= 11 is 0. The van der Waals surface area contributed by atoms with Crippen LogP contribution in [0.3, 0.4) is 0 Å². The van der Waals surface area contributed by atoms with E-state index in [-0.39, 0.29) is 0 Å². The van der Waals surface area contributed by atoms with E-state index in [0.717, 1.165) is 12.1 Å². The molecule has 108 valence electrons. The summed E-state index contributed by atoms with van der Waals surface area (Å²) < 4.78 is 11.6. The van der Waals surface area contributed by atoms with Gasteiger partial charge in [0.05, 0.1) is 6.26 Å². The first-order valence-electron chi connectivity index (χ1n) is 7.58. The van der Waals surface area contributed by atoms with Crippen LogP contribution in [0.4, 0.5) is 0 Å². The van der Waals surface area contributed by atoms with Gasteiger partial charge >= 0.3 is 8.56 Å². The number of hydrogen-bond acceptors (Lipinski definition) is 2. The van der Waals surface area contributed by atoms with E-state index in [1.54, 1.807) is 6.26 Å². The van der Waals surface area contributed by atoms with Gasteiger partial charge in [-0.3, -0.25) is 0 Å². The number of rotatable bonds is 13. The molecule has 0 fully saturated rings. The van der Waals surface area contributed by atoms with E-state index in [4.69, 9.17) is 8.85 Å². The maximum Gasteiger partial charge on any atom is 0.398 e. The Labute approximate surface area is 115 Å². The highest BCUT2D eigenvalue weighted by Gasteiger charge is 2.36. The highest BCUT2D eigenvalue weighted by molar-refractivity contribution is 6.67. The molecule has 0 atom stereocenters. The first kappa shape index (κ1) is 17.7. The van der Waals surface area contributed by atoms with E-state index in [2.05, 4.69) is 20.4 Å². The zero-order chi connectivity index (χ0) is 13.7. The zero-order valence-corrected chi connectivity index (χ0v) is 13.7. The van der Waals surface area contributed by atoms with Crippen LogP contribution < -0.4 is 0 Å². The second kappa shape index (κ2) is 11.8. The molecular weight excluding hydrogens is 240 g/mol. The zero-order valence-electron chi connectivity index (χ0n) is 12.7. The van der Waals surface area contributed by atoms with E-state index in [1.807, 2.05) is 7.11 Å². The van der Waals surface area contributed by atoms with Crippen molar-refractivity contribution in [2.45, 2.75) is 77.3 Å². The van der Waals surface area contributed by atoms with Crippen molar-refractivity contribution in [1.29, 1.82) is 0 Å². The lowest BCUT2D eigenvalue weighted by molar-refractivity contribution is 0.265. The highest BCUT2D eigenvalue weighted by Crippen LogP contribution is 2.25. The van der Waals surface area contributed by atoms with Crippen LogP contribution in [0.25, 0.3) is 0 Å². The summed E-state index contributed by atoms with van der Waals surface area (Å²) in [5.41, 5.74) is 0. The van der Waals surface area contributed by atoms with Gasteiger partial charge in [0.25, 0.3) is 0 Å². The van der Waals surface area contributed by atoms with Gasteiger partial charge in [0.15, 0.2) is 0 Å². The van der Waals surface area contributed by atoms with Gasteiger partial charge in [0.1, 0.15) is 0 Å². The van der Waals surface area contributed by atoms with E-state index in [0.29, 0.717) is 0 Å². The highest BCUT2D eigenvalue weighted by atomic mass is 28.4. The molecule has 18 heavy (non-hydrogen) atoms. The molecule has 0 aromatic carbocycles. The molecule has 3 heteroatoms. The van der Waals surface area contributed by atoms with Crippen LogP contribution in [0, 0.1) is 0 Å². The van der Waals surface area contributed by atoms with Gasteiger partial charge in [-0.1, -0.05) is 71.8 Å². The van der Waals surface area contributed by atoms with Gasteiger partial charge in [-0.25, -0.2) is 0 Å². The molecule has 0 aliphatic carbocycles. The Morgan fingerprint density at radius 2 is 1.39 bits per heavy atom. The molecule has 2 nitrogen and oxygen atoms in total. The second-order valence-corrected chi connectivity index (χ2v) is 8.49. The SMILES string of the molecule is C=CO[Si](CCCCCC)(CCCCCC)OC. The fraction of sp³-hybridized carbons (Fsp3) is 0.867. The Morgan fingerprint density at radius 1 is 0.889 bits per heavy atom. The summed E-state index contributed by atoms with van der Waals surface area (Å²) in [4.78, 5) is 0. The van der Waals surface area contributed by atoms with Crippen LogP contribution in [-0.2, 0) is 8.85 Å². The molecule has 0 aliphatic heterocycles. The van der Waals surface area contributed by atoms with Gasteiger partial charge in [0.2, 0.25) is 0 Å². The van der Waals surface area contributed by atoms with Crippen molar-refractivity contribution in [3.63, 3.8) is 0 Å². The molecule has 0 rings (SSSR count). The smallest absolute Gasteiger partial charge is 0.398 e. The summed E-state index contributed by atoms with van der Waals surface area (Å²) in [7, 11) is -0.173. The second-order valence-electron chi connectivity index (χ2n) is 5.02. The Bertz CT molecular complexity index is 183. The number of unbranched alkanes of at least 4 members (excludes halogenated alkanes) is 6. The predicted molar refractivity (Wildman–Crippen MR) is 81.9 cm³/mol. The third-order valence-corrected chi connectivity index (χ3v) is 7.06. The predicted octanol–water partition coefficient (Wildman–Crippen LogP) is 5.40. The molecule has 0 amide bonds. The monoisotopic (exact) mass is 272 g/mol. The third-order valence-electron chi connectivity index (χ3n) is 3.49. The van der Waals surface area contributed by atoms with Crippen molar-refractivity contribution in [3.05, 3.63) is 12.8 Å². The lowest BCUT2D eigenvalue weighted by Gasteiger charge is -2.28. The van der Waals surface area contributed by atoms with Crippen LogP contribution >= 0.6 is 0 Å². The quantitative estimate of drug-likeness (QED) is 0.254. The molecule has 0 saturated heterocycles. The molecule has 0 saturated carbocycles. The van der Waals surface area contributed by atoms with Crippen molar-refractivity contribution in [2.24, 2.45) is 0 Å². The Hall–Kier alpha value is -0.283. The van der Waals surface area contributed by atoms with Crippen molar-refractivity contribution < 1.29 is 8.85 Å². The van der Waals surface area contributed by atoms with E-state index < -0.39 is 8.56 Å². The lowest BCUT2D eigenvalue weighted by atomic mass is 10.2. The standard InChI is InChI=1S/C15H32O2Si/c1-5-8-10-12-14-18(16-4,17-7-3)15-13-11-9-6-2/h7H,3,5-6,8-15H2,1-2,4H3. The maximum absolute atomic E-state index is 5.82. The normalized spacial score (nSPS) is 11.5. The van der Waals surface area contributed by atoms with Gasteiger partial charge in [0, 0.05) is 19.2 Å². The third kappa shape index (κ3) is 7.93. The van der Waals surface area contributed by atoms with Crippen molar-refractivity contribution >= 4 is 8.56 Å². The average molecular weight is 273 g/mol. The Balaban J connectivity index is 4.09. The fourth-order valence-corrected chi connectivity index (χ4v) is 5.16. The van der Waals surface area contributed by atoms with Crippen LogP contribution in [0.5, 0.6) is 0 Å². The molecule has 0 heterocycles. The Kier molecular flexibility index (Phi) is 11.6. The van der Waals surface area contributed by atoms with Gasteiger partial charge in [-0.2, -0.15) is 0 Å². The largest absolute Gasteiger partial charge is 0.527 e. The van der Waals surface area contributed by atoms with Gasteiger partial charge in [-0.05, 0) is 0 Å². The summed E-state index contributed by atoms with van der Waals surface area (Å²) in [5, 5.41) is 0. The molecule has 0 bridgehead atoms. The van der Waals surface area contributed by atoms with Crippen molar-refractivity contribution in [2.75, 3.05) is 7.11 Å². The minimum Gasteiger partial charge on any atom is -0.527 e. The summed E-state index contributed by atoms with van der Waals surface area (Å²) in [6, 6.07) is 2.23. The molecular formula is C15H32O2Si. The van der Waals surface area contributed by atoms with E-state index in [9.17, 15) is 0 Å². The molecule has 0 N–H and O–H groups in total. The van der Waals surface area contributed by atoms with Crippen molar-refractivity contribution in [3.8, 4) is 0 Å². The van der Waals surface area contributed by atoms with Crippen LogP contribution in [0.1, 0.15) is 65.2 Å². The first-order valence-corrected chi connectivity index (χ1v) is 9.81. The molecule has 0 aromatic heterocycles. The van der Waals surface area contributed by atoms with Crippen molar-refractivity contribution in [1.82, 2.24) is 0 Å². The Morgan fingerprint density at radius 3 is 1.72 bits per heavy atom. The maximum atomic E-state index is 5.82. The first-order chi connectivity index (χ1) is 8.74. The average Bonchev–Trinajstić information content (AvgIpc) is 2.39. The minimum absolute atomic E-state index is 1.11. The molecule has 0 spiro atoms. The summed E-state index contributed by atoms with van der Waals surface area (Å²) in [6.07, 6.45) is 11.8. The minimum atomic E-state index is -1.99. The molecule has 0 radical (unpaired) electrons. The topological polar surface area (TPSA) is 18.5 Å². The van der Waals surface area contributed by atoms with Crippen LogP contribution in [0.15, 0.2) is 12.8 Å². The molecule has 0 aliphatic rings. The van der Waals surface area contributed by atoms with Crippen LogP contribution in [-0.4, -0.2) is 15.7 Å². The van der Waals surface area contributed by atoms with E-state index in [1.165, 1.54) is 51.4 Å². The summed E-state index contributed by atoms with van der Waals surface area (Å²) in [6.45, 7) is 8.20. The van der Waals surface area contributed by atoms with E-state index >= 15 is 0 Å². The summed E-state index contributed by atoms with van der Waals surface area (Å²) in [5.74, 6) is 0. The number of hydrogen-bond donors (Lipinski definition) is 0. The lowest BCUT2D eigenvalue weighted by Crippen LogP contribution is -2.39.